The van der Waals surface area contributed by atoms with Crippen LogP contribution < -0.4 is 0 Å². The van der Waals surface area contributed by atoms with E-state index in [4.69, 9.17) is 0 Å². The first kappa shape index (κ1) is 11.0. The monoisotopic (exact) mass is 242 g/mol. The van der Waals surface area contributed by atoms with Crippen molar-refractivity contribution in [3.8, 4) is 0 Å². The Morgan fingerprint density at radius 3 is 2.94 bits per heavy atom. The van der Waals surface area contributed by atoms with E-state index >= 15 is 0 Å². The standard InChI is InChI=1S/C12H14N6/c1-4-14-12(15-5-1)10-7-17-11(8-16-10)18-6-2-3-13-9-18/h2-4,6,8,10H,1,5,7,9H2. The van der Waals surface area contributed by atoms with Gasteiger partial charge in [-0.1, -0.05) is 0 Å². The lowest BCUT2D eigenvalue weighted by atomic mass is 10.2. The molecule has 6 heteroatoms. The van der Waals surface area contributed by atoms with Gasteiger partial charge in [0.05, 0.1) is 12.8 Å². The van der Waals surface area contributed by atoms with Crippen LogP contribution in [0.2, 0.25) is 0 Å². The van der Waals surface area contributed by atoms with Crippen molar-refractivity contribution >= 4 is 30.3 Å². The molecule has 3 aliphatic heterocycles. The Morgan fingerprint density at radius 2 is 2.28 bits per heavy atom. The first-order valence-corrected chi connectivity index (χ1v) is 6.01. The van der Waals surface area contributed by atoms with Gasteiger partial charge in [0.25, 0.3) is 0 Å². The van der Waals surface area contributed by atoms with Gasteiger partial charge in [0.1, 0.15) is 24.4 Å². The highest BCUT2D eigenvalue weighted by atomic mass is 15.2. The Morgan fingerprint density at radius 1 is 1.28 bits per heavy atom. The smallest absolute Gasteiger partial charge is 0.149 e. The molecular weight excluding hydrogens is 228 g/mol. The quantitative estimate of drug-likeness (QED) is 0.663. The van der Waals surface area contributed by atoms with E-state index in [1.807, 2.05) is 23.4 Å². The van der Waals surface area contributed by atoms with Crippen molar-refractivity contribution in [2.45, 2.75) is 12.5 Å². The third-order valence-electron chi connectivity index (χ3n) is 2.84. The predicted molar refractivity (Wildman–Crippen MR) is 74.3 cm³/mol. The molecule has 0 bridgehead atoms. The maximum atomic E-state index is 4.52. The van der Waals surface area contributed by atoms with Gasteiger partial charge < -0.3 is 4.90 Å². The topological polar surface area (TPSA) is 65.0 Å². The molecular formula is C12H14N6. The maximum Gasteiger partial charge on any atom is 0.149 e. The van der Waals surface area contributed by atoms with E-state index in [1.165, 1.54) is 0 Å². The molecule has 18 heavy (non-hydrogen) atoms. The molecule has 0 aromatic carbocycles. The fourth-order valence-electron chi connectivity index (χ4n) is 1.90. The van der Waals surface area contributed by atoms with Crippen LogP contribution in [0, 0.1) is 0 Å². The number of rotatable bonds is 1. The van der Waals surface area contributed by atoms with Gasteiger partial charge in [0.15, 0.2) is 0 Å². The van der Waals surface area contributed by atoms with E-state index < -0.39 is 0 Å². The molecule has 3 heterocycles. The first-order chi connectivity index (χ1) is 8.93. The lowest BCUT2D eigenvalue weighted by Gasteiger charge is -2.23. The summed E-state index contributed by atoms with van der Waals surface area (Å²) in [5.41, 5.74) is 0. The fourth-order valence-corrected chi connectivity index (χ4v) is 1.90. The van der Waals surface area contributed by atoms with Crippen LogP contribution >= 0.6 is 0 Å². The van der Waals surface area contributed by atoms with E-state index in [9.17, 15) is 0 Å². The molecule has 0 fully saturated rings. The Kier molecular flexibility index (Phi) is 3.08. The van der Waals surface area contributed by atoms with Crippen LogP contribution in [-0.2, 0) is 0 Å². The summed E-state index contributed by atoms with van der Waals surface area (Å²) in [5, 5.41) is 0. The van der Waals surface area contributed by atoms with Crippen LogP contribution in [0.25, 0.3) is 0 Å². The normalized spacial score (nSPS) is 26.2. The summed E-state index contributed by atoms with van der Waals surface area (Å²) >= 11 is 0. The molecule has 1 atom stereocenters. The minimum absolute atomic E-state index is 0.0254. The molecule has 0 radical (unpaired) electrons. The van der Waals surface area contributed by atoms with Crippen molar-refractivity contribution in [1.29, 1.82) is 0 Å². The van der Waals surface area contributed by atoms with Gasteiger partial charge in [-0.25, -0.2) is 4.99 Å². The first-order valence-electron chi connectivity index (χ1n) is 6.01. The van der Waals surface area contributed by atoms with Gasteiger partial charge in [-0.2, -0.15) is 0 Å². The SMILES string of the molecule is C1=CN(C2=NCC(C3=NCCC=N3)N=C2)CN=C1. The van der Waals surface area contributed by atoms with E-state index in [0.717, 1.165) is 24.6 Å². The summed E-state index contributed by atoms with van der Waals surface area (Å²) in [7, 11) is 0. The number of nitrogens with zero attached hydrogens (tertiary/aromatic N) is 6. The van der Waals surface area contributed by atoms with Gasteiger partial charge >= 0.3 is 0 Å². The van der Waals surface area contributed by atoms with E-state index in [2.05, 4.69) is 25.0 Å². The Balaban J connectivity index is 1.67. The largest absolute Gasteiger partial charge is 0.312 e. The zero-order valence-electron chi connectivity index (χ0n) is 9.98. The summed E-state index contributed by atoms with van der Waals surface area (Å²) in [6.07, 6.45) is 10.2. The fraction of sp³-hybridized carbons (Fsp3) is 0.417. The third-order valence-corrected chi connectivity index (χ3v) is 2.84. The zero-order valence-corrected chi connectivity index (χ0v) is 9.98. The van der Waals surface area contributed by atoms with Gasteiger partial charge in [0, 0.05) is 31.6 Å². The lowest BCUT2D eigenvalue weighted by molar-refractivity contribution is 0.572. The molecule has 0 saturated carbocycles. The summed E-state index contributed by atoms with van der Waals surface area (Å²) in [6.45, 7) is 2.02. The van der Waals surface area contributed by atoms with Gasteiger partial charge in [-0.05, 0) is 6.08 Å². The van der Waals surface area contributed by atoms with Crippen LogP contribution in [0.4, 0.5) is 0 Å². The summed E-state index contributed by atoms with van der Waals surface area (Å²) < 4.78 is 0. The second-order valence-electron chi connectivity index (χ2n) is 4.12. The number of amidine groups is 2. The van der Waals surface area contributed by atoms with Crippen LogP contribution in [0.3, 0.4) is 0 Å². The molecule has 3 rings (SSSR count). The molecule has 0 aliphatic carbocycles. The molecule has 1 unspecified atom stereocenters. The Labute approximate surface area is 105 Å². The van der Waals surface area contributed by atoms with Crippen LogP contribution in [-0.4, -0.2) is 61.0 Å². The van der Waals surface area contributed by atoms with Crippen molar-refractivity contribution in [3.63, 3.8) is 0 Å². The maximum absolute atomic E-state index is 4.52. The molecule has 0 N–H and O–H groups in total. The van der Waals surface area contributed by atoms with E-state index in [1.54, 1.807) is 12.4 Å². The highest BCUT2D eigenvalue weighted by molar-refractivity contribution is 6.30. The molecule has 92 valence electrons. The number of aliphatic imine (C=N–C) groups is 5. The summed E-state index contributed by atoms with van der Waals surface area (Å²) in [6, 6.07) is -0.0254. The Bertz CT molecular complexity index is 497. The molecule has 0 aromatic heterocycles. The highest BCUT2D eigenvalue weighted by Gasteiger charge is 2.19. The van der Waals surface area contributed by atoms with Crippen LogP contribution in [0.1, 0.15) is 6.42 Å². The van der Waals surface area contributed by atoms with Gasteiger partial charge in [-0.3, -0.25) is 20.0 Å². The second kappa shape index (κ2) is 5.03. The molecule has 0 saturated heterocycles. The molecule has 0 spiro atoms. The zero-order chi connectivity index (χ0) is 12.2. The predicted octanol–water partition coefficient (Wildman–Crippen LogP) is 0.569. The molecule has 0 amide bonds. The minimum atomic E-state index is -0.0254. The molecule has 6 nitrogen and oxygen atoms in total. The number of allylic oxidation sites excluding steroid dienone is 1. The van der Waals surface area contributed by atoms with Crippen LogP contribution in [0.5, 0.6) is 0 Å². The average Bonchev–Trinajstić information content (AvgIpc) is 2.49. The third kappa shape index (κ3) is 2.27. The van der Waals surface area contributed by atoms with Crippen molar-refractivity contribution in [2.75, 3.05) is 19.8 Å². The molecule has 3 aliphatic rings. The average molecular weight is 242 g/mol. The van der Waals surface area contributed by atoms with Crippen molar-refractivity contribution < 1.29 is 0 Å². The van der Waals surface area contributed by atoms with Crippen LogP contribution in [0.15, 0.2) is 37.2 Å². The highest BCUT2D eigenvalue weighted by Crippen LogP contribution is 2.08. The van der Waals surface area contributed by atoms with Gasteiger partial charge in [-0.15, -0.1) is 0 Å². The van der Waals surface area contributed by atoms with E-state index in [-0.39, 0.29) is 6.04 Å². The summed E-state index contributed by atoms with van der Waals surface area (Å²) in [4.78, 5) is 23.8. The molecule has 0 aromatic rings. The summed E-state index contributed by atoms with van der Waals surface area (Å²) in [5.74, 6) is 1.65. The van der Waals surface area contributed by atoms with Crippen molar-refractivity contribution in [3.05, 3.63) is 12.3 Å². The van der Waals surface area contributed by atoms with Crippen molar-refractivity contribution in [2.24, 2.45) is 25.0 Å². The minimum Gasteiger partial charge on any atom is -0.312 e. The Hall–Kier alpha value is -2.11. The van der Waals surface area contributed by atoms with Gasteiger partial charge in [0.2, 0.25) is 0 Å². The second-order valence-corrected chi connectivity index (χ2v) is 4.12. The lowest BCUT2D eigenvalue weighted by Crippen LogP contribution is -2.35. The van der Waals surface area contributed by atoms with Crippen molar-refractivity contribution in [1.82, 2.24) is 4.90 Å². The van der Waals surface area contributed by atoms with E-state index in [0.29, 0.717) is 13.2 Å². The number of hydrogen-bond acceptors (Lipinski definition) is 6. The number of hydrogen-bond donors (Lipinski definition) is 0.